The van der Waals surface area contributed by atoms with Gasteiger partial charge in [-0.05, 0) is 36.2 Å². The van der Waals surface area contributed by atoms with Crippen LogP contribution in [0.3, 0.4) is 0 Å². The molecule has 0 unspecified atom stereocenters. The molecule has 29 heavy (non-hydrogen) atoms. The second-order valence-corrected chi connectivity index (χ2v) is 7.37. The van der Waals surface area contributed by atoms with Gasteiger partial charge in [-0.3, -0.25) is 4.79 Å². The minimum absolute atomic E-state index is 0.0613. The molecule has 2 heterocycles. The highest BCUT2D eigenvalue weighted by Crippen LogP contribution is 2.35. The van der Waals surface area contributed by atoms with Crippen molar-refractivity contribution in [1.82, 2.24) is 9.97 Å². The number of fused-ring (bicyclic) bond motifs is 1. The molecule has 0 saturated heterocycles. The number of amides is 1. The molecule has 0 aliphatic carbocycles. The molecule has 2 aromatic carbocycles. The molecule has 4 rings (SSSR count). The average Bonchev–Trinajstić information content (AvgIpc) is 3.38. The molecular formula is C22H21N3O3S. The van der Waals surface area contributed by atoms with Gasteiger partial charge in [-0.2, -0.15) is 0 Å². The number of hydrogen-bond acceptors (Lipinski definition) is 5. The van der Waals surface area contributed by atoms with Crippen molar-refractivity contribution in [2.75, 3.05) is 19.5 Å². The van der Waals surface area contributed by atoms with Crippen molar-refractivity contribution in [1.29, 1.82) is 0 Å². The smallest absolute Gasteiger partial charge is 0.226 e. The van der Waals surface area contributed by atoms with Gasteiger partial charge in [-0.15, -0.1) is 11.3 Å². The second-order valence-electron chi connectivity index (χ2n) is 6.51. The maximum Gasteiger partial charge on any atom is 0.226 e. The zero-order valence-corrected chi connectivity index (χ0v) is 17.0. The maximum absolute atomic E-state index is 12.4. The van der Waals surface area contributed by atoms with Crippen LogP contribution < -0.4 is 14.8 Å². The van der Waals surface area contributed by atoms with Gasteiger partial charge < -0.3 is 19.8 Å². The predicted molar refractivity (Wildman–Crippen MR) is 116 cm³/mol. The quantitative estimate of drug-likeness (QED) is 0.458. The van der Waals surface area contributed by atoms with E-state index in [1.165, 1.54) is 11.3 Å². The minimum atomic E-state index is -0.0613. The molecule has 2 N–H and O–H groups in total. The lowest BCUT2D eigenvalue weighted by atomic mass is 10.1. The number of nitrogens with zero attached hydrogens (tertiary/aromatic N) is 1. The number of carbonyl (C=O) groups excluding carboxylic acids is 1. The standard InChI is InChI=1S/C22H21N3O3S/c1-27-15-8-9-20(28-2)17(11-15)19-13-29-22(24-19)25-21(26)10-7-14-12-23-18-6-4-3-5-16(14)18/h3-6,8-9,11-13,23H,7,10H2,1-2H3,(H,24,25,26). The van der Waals surface area contributed by atoms with Crippen LogP contribution in [-0.4, -0.2) is 30.1 Å². The first-order chi connectivity index (χ1) is 14.2. The normalized spacial score (nSPS) is 10.8. The van der Waals surface area contributed by atoms with Gasteiger partial charge in [-0.25, -0.2) is 4.98 Å². The lowest BCUT2D eigenvalue weighted by molar-refractivity contribution is -0.116. The van der Waals surface area contributed by atoms with Crippen LogP contribution in [0.1, 0.15) is 12.0 Å². The minimum Gasteiger partial charge on any atom is -0.497 e. The molecule has 6 nitrogen and oxygen atoms in total. The van der Waals surface area contributed by atoms with Crippen LogP contribution in [0, 0.1) is 0 Å². The molecule has 4 aromatic rings. The topological polar surface area (TPSA) is 76.2 Å². The van der Waals surface area contributed by atoms with Crippen molar-refractivity contribution >= 4 is 33.3 Å². The molecule has 0 radical (unpaired) electrons. The number of methoxy groups -OCH3 is 2. The molecule has 1 amide bonds. The summed E-state index contributed by atoms with van der Waals surface area (Å²) >= 11 is 1.39. The summed E-state index contributed by atoms with van der Waals surface area (Å²) in [5.41, 5.74) is 3.77. The number of aromatic amines is 1. The van der Waals surface area contributed by atoms with E-state index in [1.54, 1.807) is 14.2 Å². The van der Waals surface area contributed by atoms with Crippen LogP contribution in [0.4, 0.5) is 5.13 Å². The maximum atomic E-state index is 12.4. The van der Waals surface area contributed by atoms with Crippen LogP contribution in [0.15, 0.2) is 54.0 Å². The van der Waals surface area contributed by atoms with Crippen molar-refractivity contribution in [2.24, 2.45) is 0 Å². The van der Waals surface area contributed by atoms with E-state index in [1.807, 2.05) is 48.0 Å². The Kier molecular flexibility index (Phi) is 5.48. The zero-order valence-electron chi connectivity index (χ0n) is 16.2. The van der Waals surface area contributed by atoms with Crippen molar-refractivity contribution in [2.45, 2.75) is 12.8 Å². The molecule has 0 aliphatic heterocycles. The Bertz CT molecular complexity index is 1150. The molecule has 2 aromatic heterocycles. The van der Waals surface area contributed by atoms with E-state index in [0.29, 0.717) is 23.7 Å². The molecule has 0 spiro atoms. The third-order valence-corrected chi connectivity index (χ3v) is 5.49. The molecule has 7 heteroatoms. The molecule has 0 atom stereocenters. The summed E-state index contributed by atoms with van der Waals surface area (Å²) in [6.07, 6.45) is 3.02. The molecule has 0 aliphatic rings. The Balaban J connectivity index is 1.43. The number of aryl methyl sites for hydroxylation is 1. The van der Waals surface area contributed by atoms with Gasteiger partial charge >= 0.3 is 0 Å². The number of nitrogens with one attached hydrogen (secondary N) is 2. The lowest BCUT2D eigenvalue weighted by Crippen LogP contribution is -2.12. The summed E-state index contributed by atoms with van der Waals surface area (Å²) in [5, 5.41) is 6.51. The molecular weight excluding hydrogens is 386 g/mol. The average molecular weight is 407 g/mol. The number of hydrogen-bond donors (Lipinski definition) is 2. The summed E-state index contributed by atoms with van der Waals surface area (Å²) in [5.74, 6) is 1.36. The van der Waals surface area contributed by atoms with Gasteiger partial charge in [0.2, 0.25) is 5.91 Å². The fraction of sp³-hybridized carbons (Fsp3) is 0.182. The second kappa shape index (κ2) is 8.36. The number of para-hydroxylation sites is 1. The third-order valence-electron chi connectivity index (χ3n) is 4.73. The van der Waals surface area contributed by atoms with E-state index in [-0.39, 0.29) is 5.91 Å². The van der Waals surface area contributed by atoms with Crippen molar-refractivity contribution in [3.05, 3.63) is 59.6 Å². The van der Waals surface area contributed by atoms with Gasteiger partial charge in [0.1, 0.15) is 11.5 Å². The summed E-state index contributed by atoms with van der Waals surface area (Å²) in [6, 6.07) is 13.6. The first-order valence-electron chi connectivity index (χ1n) is 9.20. The number of aromatic nitrogens is 2. The number of carbonyl (C=O) groups is 1. The Labute approximate surface area is 172 Å². The highest BCUT2D eigenvalue weighted by atomic mass is 32.1. The van der Waals surface area contributed by atoms with E-state index in [4.69, 9.17) is 9.47 Å². The SMILES string of the molecule is COc1ccc(OC)c(-c2csc(NC(=O)CCc3c[nH]c4ccccc34)n2)c1. The molecule has 0 saturated carbocycles. The van der Waals surface area contributed by atoms with E-state index in [2.05, 4.69) is 21.4 Å². The fourth-order valence-corrected chi connectivity index (χ4v) is 3.96. The summed E-state index contributed by atoms with van der Waals surface area (Å²) < 4.78 is 10.7. The Morgan fingerprint density at radius 3 is 2.86 bits per heavy atom. The van der Waals surface area contributed by atoms with E-state index in [9.17, 15) is 4.79 Å². The van der Waals surface area contributed by atoms with Crippen LogP contribution in [0.5, 0.6) is 11.5 Å². The number of thiazole rings is 1. The molecule has 148 valence electrons. The molecule has 0 bridgehead atoms. The molecule has 0 fully saturated rings. The first kappa shape index (κ1) is 19.0. The van der Waals surface area contributed by atoms with Gasteiger partial charge in [-0.1, -0.05) is 18.2 Å². The van der Waals surface area contributed by atoms with Gasteiger partial charge in [0.25, 0.3) is 0 Å². The highest BCUT2D eigenvalue weighted by molar-refractivity contribution is 7.14. The van der Waals surface area contributed by atoms with Crippen LogP contribution in [0.2, 0.25) is 0 Å². The van der Waals surface area contributed by atoms with E-state index < -0.39 is 0 Å². The van der Waals surface area contributed by atoms with Gasteiger partial charge in [0.05, 0.1) is 19.9 Å². The third kappa shape index (κ3) is 4.09. The zero-order chi connectivity index (χ0) is 20.2. The number of ether oxygens (including phenoxy) is 2. The Morgan fingerprint density at radius 1 is 1.17 bits per heavy atom. The number of anilines is 1. The van der Waals surface area contributed by atoms with Crippen LogP contribution in [0.25, 0.3) is 22.2 Å². The predicted octanol–water partition coefficient (Wildman–Crippen LogP) is 4.88. The van der Waals surface area contributed by atoms with Gasteiger partial charge in [0, 0.05) is 34.5 Å². The number of rotatable bonds is 7. The first-order valence-corrected chi connectivity index (χ1v) is 10.1. The van der Waals surface area contributed by atoms with Gasteiger partial charge in [0.15, 0.2) is 5.13 Å². The summed E-state index contributed by atoms with van der Waals surface area (Å²) in [6.45, 7) is 0. The van der Waals surface area contributed by atoms with Crippen molar-refractivity contribution < 1.29 is 14.3 Å². The van der Waals surface area contributed by atoms with Crippen LogP contribution >= 0.6 is 11.3 Å². The largest absolute Gasteiger partial charge is 0.497 e. The highest BCUT2D eigenvalue weighted by Gasteiger charge is 2.13. The van der Waals surface area contributed by atoms with Crippen molar-refractivity contribution in [3.8, 4) is 22.8 Å². The lowest BCUT2D eigenvalue weighted by Gasteiger charge is -2.08. The van der Waals surface area contributed by atoms with E-state index >= 15 is 0 Å². The van der Waals surface area contributed by atoms with E-state index in [0.717, 1.165) is 33.5 Å². The summed E-state index contributed by atoms with van der Waals surface area (Å²) in [7, 11) is 3.23. The summed E-state index contributed by atoms with van der Waals surface area (Å²) in [4.78, 5) is 20.2. The monoisotopic (exact) mass is 407 g/mol. The number of benzene rings is 2. The number of H-pyrrole nitrogens is 1. The van der Waals surface area contributed by atoms with Crippen LogP contribution in [-0.2, 0) is 11.2 Å². The fourth-order valence-electron chi connectivity index (χ4n) is 3.24. The van der Waals surface area contributed by atoms with Crippen molar-refractivity contribution in [3.63, 3.8) is 0 Å². The Morgan fingerprint density at radius 2 is 2.03 bits per heavy atom. The Hall–Kier alpha value is -3.32.